The van der Waals surface area contributed by atoms with Crippen molar-refractivity contribution in [1.29, 1.82) is 0 Å². The lowest BCUT2D eigenvalue weighted by atomic mass is 10.0. The van der Waals surface area contributed by atoms with Crippen LogP contribution in [-0.2, 0) is 0 Å². The van der Waals surface area contributed by atoms with E-state index in [1.165, 1.54) is 0 Å². The molecular weight excluding hydrogens is 230 g/mol. The van der Waals surface area contributed by atoms with Gasteiger partial charge in [-0.1, -0.05) is 30.3 Å². The van der Waals surface area contributed by atoms with Crippen molar-refractivity contribution in [3.05, 3.63) is 54.6 Å². The lowest BCUT2D eigenvalue weighted by molar-refractivity contribution is 0.0666. The van der Waals surface area contributed by atoms with Crippen LogP contribution < -0.4 is 0 Å². The van der Waals surface area contributed by atoms with Crippen LogP contribution in [0.15, 0.2) is 53.2 Å². The second-order valence-electron chi connectivity index (χ2n) is 3.85. The molecule has 3 rings (SSSR count). The van der Waals surface area contributed by atoms with Crippen molar-refractivity contribution < 1.29 is 14.3 Å². The highest BCUT2D eigenvalue weighted by molar-refractivity contribution is 6.05. The molecule has 4 nitrogen and oxygen atoms in total. The van der Waals surface area contributed by atoms with Crippen molar-refractivity contribution >= 4 is 16.9 Å². The molecule has 0 aliphatic heterocycles. The summed E-state index contributed by atoms with van der Waals surface area (Å²) in [5.41, 5.74) is 1.91. The van der Waals surface area contributed by atoms with Crippen LogP contribution in [0.4, 0.5) is 0 Å². The van der Waals surface area contributed by atoms with Gasteiger partial charge in [0.2, 0.25) is 5.76 Å². The molecule has 3 aromatic rings. The number of carboxylic acids is 1. The number of pyridine rings is 1. The Hall–Kier alpha value is -2.62. The fraction of sp³-hybridized carbons (Fsp3) is 0. The van der Waals surface area contributed by atoms with Crippen LogP contribution in [0.1, 0.15) is 10.6 Å². The summed E-state index contributed by atoms with van der Waals surface area (Å²) in [5, 5.41) is 9.92. The summed E-state index contributed by atoms with van der Waals surface area (Å²) in [6.07, 6.45) is 3.19. The van der Waals surface area contributed by atoms with Crippen molar-refractivity contribution in [2.75, 3.05) is 0 Å². The first kappa shape index (κ1) is 10.5. The van der Waals surface area contributed by atoms with Crippen molar-refractivity contribution in [2.24, 2.45) is 0 Å². The minimum absolute atomic E-state index is 0.0517. The lowest BCUT2D eigenvalue weighted by Crippen LogP contribution is -1.95. The predicted octanol–water partition coefficient (Wildman–Crippen LogP) is 3.19. The molecule has 0 amide bonds. The molecule has 0 bridgehead atoms. The summed E-state index contributed by atoms with van der Waals surface area (Å²) >= 11 is 0. The van der Waals surface area contributed by atoms with Gasteiger partial charge in [-0.2, -0.15) is 0 Å². The number of furan rings is 1. The first-order valence-electron chi connectivity index (χ1n) is 5.42. The molecule has 0 atom stereocenters. The molecule has 0 fully saturated rings. The van der Waals surface area contributed by atoms with Crippen molar-refractivity contribution in [3.8, 4) is 11.1 Å². The predicted molar refractivity (Wildman–Crippen MR) is 66.4 cm³/mol. The molecular formula is C14H9NO3. The van der Waals surface area contributed by atoms with E-state index in [2.05, 4.69) is 4.98 Å². The average molecular weight is 239 g/mol. The van der Waals surface area contributed by atoms with Gasteiger partial charge in [-0.15, -0.1) is 0 Å². The molecule has 18 heavy (non-hydrogen) atoms. The number of hydrogen-bond donors (Lipinski definition) is 1. The summed E-state index contributed by atoms with van der Waals surface area (Å²) < 4.78 is 5.38. The van der Waals surface area contributed by atoms with E-state index in [0.29, 0.717) is 16.5 Å². The van der Waals surface area contributed by atoms with E-state index >= 15 is 0 Å². The fourth-order valence-electron chi connectivity index (χ4n) is 1.98. The number of rotatable bonds is 2. The third-order valence-electron chi connectivity index (χ3n) is 2.75. The maximum Gasteiger partial charge on any atom is 0.372 e. The minimum atomic E-state index is -1.08. The van der Waals surface area contributed by atoms with Gasteiger partial charge in [0.1, 0.15) is 5.58 Å². The van der Waals surface area contributed by atoms with Crippen molar-refractivity contribution in [3.63, 3.8) is 0 Å². The molecule has 0 aliphatic carbocycles. The highest BCUT2D eigenvalue weighted by atomic mass is 16.4. The van der Waals surface area contributed by atoms with E-state index in [4.69, 9.17) is 4.42 Å². The third kappa shape index (κ3) is 1.55. The van der Waals surface area contributed by atoms with Crippen LogP contribution in [0.3, 0.4) is 0 Å². The molecule has 2 aromatic heterocycles. The number of carbonyl (C=O) groups is 1. The first-order valence-corrected chi connectivity index (χ1v) is 5.42. The topological polar surface area (TPSA) is 63.3 Å². The Morgan fingerprint density at radius 2 is 1.94 bits per heavy atom. The normalized spacial score (nSPS) is 10.7. The Balaban J connectivity index is 2.38. The van der Waals surface area contributed by atoms with E-state index in [1.54, 1.807) is 18.5 Å². The van der Waals surface area contributed by atoms with E-state index < -0.39 is 5.97 Å². The first-order chi connectivity index (χ1) is 8.77. The zero-order valence-corrected chi connectivity index (χ0v) is 9.33. The number of aromatic nitrogens is 1. The van der Waals surface area contributed by atoms with Gasteiger partial charge in [0.25, 0.3) is 0 Å². The number of fused-ring (bicyclic) bond motifs is 1. The SMILES string of the molecule is O=C(O)c1oc2ccncc2c1-c1ccccc1. The van der Waals surface area contributed by atoms with Crippen LogP contribution in [-0.4, -0.2) is 16.1 Å². The van der Waals surface area contributed by atoms with Crippen molar-refractivity contribution in [1.82, 2.24) is 4.98 Å². The molecule has 0 saturated heterocycles. The van der Waals surface area contributed by atoms with Crippen LogP contribution in [0.2, 0.25) is 0 Å². The molecule has 2 heterocycles. The summed E-state index contributed by atoms with van der Waals surface area (Å²) in [6, 6.07) is 11.0. The minimum Gasteiger partial charge on any atom is -0.475 e. The molecule has 0 saturated carbocycles. The molecule has 4 heteroatoms. The van der Waals surface area contributed by atoms with Gasteiger partial charge >= 0.3 is 5.97 Å². The highest BCUT2D eigenvalue weighted by Gasteiger charge is 2.20. The Morgan fingerprint density at radius 3 is 2.67 bits per heavy atom. The Kier molecular flexibility index (Phi) is 2.34. The van der Waals surface area contributed by atoms with Gasteiger partial charge in [-0.3, -0.25) is 4.98 Å². The summed E-state index contributed by atoms with van der Waals surface area (Å²) in [4.78, 5) is 15.3. The highest BCUT2D eigenvalue weighted by Crippen LogP contribution is 2.34. The van der Waals surface area contributed by atoms with E-state index in [-0.39, 0.29) is 5.76 Å². The van der Waals surface area contributed by atoms with Gasteiger partial charge in [0.15, 0.2) is 0 Å². The van der Waals surface area contributed by atoms with Gasteiger partial charge in [-0.05, 0) is 11.6 Å². The van der Waals surface area contributed by atoms with Crippen LogP contribution in [0.5, 0.6) is 0 Å². The van der Waals surface area contributed by atoms with Gasteiger partial charge in [-0.25, -0.2) is 4.79 Å². The van der Waals surface area contributed by atoms with Crippen molar-refractivity contribution in [2.45, 2.75) is 0 Å². The molecule has 1 aromatic carbocycles. The number of carboxylic acid groups (broad SMARTS) is 1. The second kappa shape index (κ2) is 4.00. The van der Waals surface area contributed by atoms with E-state index in [0.717, 1.165) is 5.56 Å². The Bertz CT molecular complexity index is 716. The monoisotopic (exact) mass is 239 g/mol. The number of benzene rings is 1. The Morgan fingerprint density at radius 1 is 1.17 bits per heavy atom. The van der Waals surface area contributed by atoms with Crippen LogP contribution in [0.25, 0.3) is 22.1 Å². The van der Waals surface area contributed by atoms with E-state index in [9.17, 15) is 9.90 Å². The zero-order chi connectivity index (χ0) is 12.5. The number of aromatic carboxylic acids is 1. The fourth-order valence-corrected chi connectivity index (χ4v) is 1.98. The Labute approximate surface area is 103 Å². The van der Waals surface area contributed by atoms with Crippen LogP contribution >= 0.6 is 0 Å². The van der Waals surface area contributed by atoms with Gasteiger partial charge in [0.05, 0.1) is 0 Å². The smallest absolute Gasteiger partial charge is 0.372 e. The molecule has 0 aliphatic rings. The van der Waals surface area contributed by atoms with Gasteiger partial charge in [0, 0.05) is 23.3 Å². The van der Waals surface area contributed by atoms with E-state index in [1.807, 2.05) is 30.3 Å². The average Bonchev–Trinajstić information content (AvgIpc) is 2.79. The summed E-state index contributed by atoms with van der Waals surface area (Å²) in [6.45, 7) is 0. The number of nitrogens with zero attached hydrogens (tertiary/aromatic N) is 1. The van der Waals surface area contributed by atoms with Gasteiger partial charge < -0.3 is 9.52 Å². The third-order valence-corrected chi connectivity index (χ3v) is 2.75. The largest absolute Gasteiger partial charge is 0.475 e. The molecule has 0 spiro atoms. The lowest BCUT2D eigenvalue weighted by Gasteiger charge is -1.99. The summed E-state index contributed by atoms with van der Waals surface area (Å²) in [5.74, 6) is -1.13. The summed E-state index contributed by atoms with van der Waals surface area (Å²) in [7, 11) is 0. The maximum absolute atomic E-state index is 11.3. The van der Waals surface area contributed by atoms with Crippen LogP contribution in [0, 0.1) is 0 Å². The quantitative estimate of drug-likeness (QED) is 0.745. The second-order valence-corrected chi connectivity index (χ2v) is 3.85. The molecule has 0 radical (unpaired) electrons. The maximum atomic E-state index is 11.3. The molecule has 88 valence electrons. The molecule has 1 N–H and O–H groups in total. The standard InChI is InChI=1S/C14H9NO3/c16-14(17)13-12(9-4-2-1-3-5-9)10-8-15-7-6-11(10)18-13/h1-8H,(H,16,17). The zero-order valence-electron chi connectivity index (χ0n) is 9.33. The number of hydrogen-bond acceptors (Lipinski definition) is 3. The molecule has 0 unspecified atom stereocenters.